The van der Waals surface area contributed by atoms with Gasteiger partial charge >= 0.3 is 0 Å². The molecule has 1 saturated carbocycles. The van der Waals surface area contributed by atoms with Gasteiger partial charge in [0.25, 0.3) is 0 Å². The number of guanidine groups is 1. The molecule has 2 rings (SSSR count). The highest BCUT2D eigenvalue weighted by Crippen LogP contribution is 2.29. The quantitative estimate of drug-likeness (QED) is 0.278. The molecule has 2 N–H and O–H groups in total. The topological polar surface area (TPSA) is 45.7 Å². The van der Waals surface area contributed by atoms with Crippen LogP contribution in [0.5, 0.6) is 0 Å². The molecular formula is C19H36IN3O. The molecule has 2 aliphatic rings. The normalized spacial score (nSPS) is 25.0. The Morgan fingerprint density at radius 3 is 2.62 bits per heavy atom. The van der Waals surface area contributed by atoms with Gasteiger partial charge < -0.3 is 15.4 Å². The van der Waals surface area contributed by atoms with E-state index in [9.17, 15) is 0 Å². The Labute approximate surface area is 165 Å². The average molecular weight is 449 g/mol. The number of aliphatic imine (C=N–C) groups is 1. The van der Waals surface area contributed by atoms with Crippen molar-refractivity contribution in [2.24, 2.45) is 16.8 Å². The van der Waals surface area contributed by atoms with Gasteiger partial charge in [-0.2, -0.15) is 0 Å². The lowest BCUT2D eigenvalue weighted by Gasteiger charge is -2.32. The molecule has 1 fully saturated rings. The number of nitrogens with one attached hydrogen (secondary N) is 2. The van der Waals surface area contributed by atoms with Gasteiger partial charge in [0.1, 0.15) is 0 Å². The fourth-order valence-corrected chi connectivity index (χ4v) is 3.55. The summed E-state index contributed by atoms with van der Waals surface area (Å²) in [6, 6.07) is 0.588. The highest BCUT2D eigenvalue weighted by Gasteiger charge is 2.23. The van der Waals surface area contributed by atoms with Crippen molar-refractivity contribution in [3.05, 3.63) is 11.6 Å². The van der Waals surface area contributed by atoms with Crippen LogP contribution in [0.15, 0.2) is 16.6 Å². The largest absolute Gasteiger partial charge is 0.377 e. The van der Waals surface area contributed by atoms with Crippen LogP contribution < -0.4 is 10.6 Å². The van der Waals surface area contributed by atoms with Gasteiger partial charge in [0, 0.05) is 19.1 Å². The first-order valence-corrected chi connectivity index (χ1v) is 9.49. The molecular weight excluding hydrogens is 413 g/mol. The van der Waals surface area contributed by atoms with Crippen LogP contribution in [-0.2, 0) is 4.74 Å². The number of hydrogen-bond donors (Lipinski definition) is 2. The van der Waals surface area contributed by atoms with Crippen molar-refractivity contribution in [3.8, 4) is 0 Å². The van der Waals surface area contributed by atoms with E-state index in [4.69, 9.17) is 9.73 Å². The number of hydrogen-bond acceptors (Lipinski definition) is 2. The molecule has 1 heterocycles. The second-order valence-corrected chi connectivity index (χ2v) is 7.20. The van der Waals surface area contributed by atoms with E-state index in [0.717, 1.165) is 56.9 Å². The van der Waals surface area contributed by atoms with Crippen molar-refractivity contribution in [2.45, 2.75) is 65.3 Å². The van der Waals surface area contributed by atoms with Crippen LogP contribution >= 0.6 is 24.0 Å². The molecule has 0 spiro atoms. The molecule has 4 nitrogen and oxygen atoms in total. The predicted molar refractivity (Wildman–Crippen MR) is 113 cm³/mol. The van der Waals surface area contributed by atoms with Crippen molar-refractivity contribution in [1.29, 1.82) is 0 Å². The van der Waals surface area contributed by atoms with E-state index in [-0.39, 0.29) is 24.0 Å². The molecule has 0 aromatic rings. The standard InChI is InChI=1S/C19H35N3O.HI/c1-4-20-19(21-12-9-16-10-13-23-14-11-16)22-18-7-5-17(6-8-18)15(2)3;/h10,15,17-18H,4-9,11-14H2,1-3H3,(H2,20,21,22);1H. The Morgan fingerprint density at radius 1 is 1.29 bits per heavy atom. The summed E-state index contributed by atoms with van der Waals surface area (Å²) in [7, 11) is 0. The zero-order chi connectivity index (χ0) is 16.5. The molecule has 1 aliphatic heterocycles. The van der Waals surface area contributed by atoms with Crippen molar-refractivity contribution in [1.82, 2.24) is 10.6 Å². The van der Waals surface area contributed by atoms with Gasteiger partial charge in [-0.1, -0.05) is 25.5 Å². The van der Waals surface area contributed by atoms with Gasteiger partial charge in [-0.05, 0) is 57.3 Å². The van der Waals surface area contributed by atoms with Gasteiger partial charge in [0.2, 0.25) is 0 Å². The molecule has 1 aliphatic carbocycles. The lowest BCUT2D eigenvalue weighted by Crippen LogP contribution is -2.45. The van der Waals surface area contributed by atoms with Crippen molar-refractivity contribution in [3.63, 3.8) is 0 Å². The first-order valence-electron chi connectivity index (χ1n) is 9.49. The van der Waals surface area contributed by atoms with Gasteiger partial charge in [0.05, 0.1) is 13.2 Å². The molecule has 24 heavy (non-hydrogen) atoms. The van der Waals surface area contributed by atoms with Crippen molar-refractivity contribution in [2.75, 3.05) is 26.3 Å². The zero-order valence-corrected chi connectivity index (χ0v) is 18.0. The number of ether oxygens (including phenoxy) is 1. The molecule has 5 heteroatoms. The molecule has 0 unspecified atom stereocenters. The minimum atomic E-state index is 0. The predicted octanol–water partition coefficient (Wildman–Crippen LogP) is 4.11. The fraction of sp³-hybridized carbons (Fsp3) is 0.842. The van der Waals surface area contributed by atoms with Crippen LogP contribution in [0, 0.1) is 11.8 Å². The van der Waals surface area contributed by atoms with Crippen LogP contribution in [0.2, 0.25) is 0 Å². The molecule has 0 atom stereocenters. The highest BCUT2D eigenvalue weighted by atomic mass is 127. The third-order valence-corrected chi connectivity index (χ3v) is 5.16. The van der Waals surface area contributed by atoms with E-state index in [0.29, 0.717) is 6.04 Å². The molecule has 0 saturated heterocycles. The zero-order valence-electron chi connectivity index (χ0n) is 15.6. The average Bonchev–Trinajstić information content (AvgIpc) is 2.56. The maximum absolute atomic E-state index is 5.35. The van der Waals surface area contributed by atoms with Crippen LogP contribution in [0.25, 0.3) is 0 Å². The lowest BCUT2D eigenvalue weighted by atomic mass is 9.80. The third-order valence-electron chi connectivity index (χ3n) is 5.16. The summed E-state index contributed by atoms with van der Waals surface area (Å²) in [4.78, 5) is 4.77. The van der Waals surface area contributed by atoms with Gasteiger partial charge in [-0.25, -0.2) is 0 Å². The van der Waals surface area contributed by atoms with Gasteiger partial charge in [0.15, 0.2) is 5.96 Å². The molecule has 0 aromatic heterocycles. The summed E-state index contributed by atoms with van der Waals surface area (Å²) in [5.41, 5.74) is 1.49. The molecule has 0 bridgehead atoms. The summed E-state index contributed by atoms with van der Waals surface area (Å²) in [5.74, 6) is 2.73. The van der Waals surface area contributed by atoms with E-state index < -0.39 is 0 Å². The first-order chi connectivity index (χ1) is 11.2. The van der Waals surface area contributed by atoms with Crippen molar-refractivity contribution < 1.29 is 4.74 Å². The lowest BCUT2D eigenvalue weighted by molar-refractivity contribution is 0.153. The summed E-state index contributed by atoms with van der Waals surface area (Å²) >= 11 is 0. The van der Waals surface area contributed by atoms with E-state index in [1.807, 2.05) is 0 Å². The van der Waals surface area contributed by atoms with E-state index in [2.05, 4.69) is 37.5 Å². The Morgan fingerprint density at radius 2 is 2.04 bits per heavy atom. The van der Waals surface area contributed by atoms with Gasteiger partial charge in [-0.3, -0.25) is 4.99 Å². The second kappa shape index (κ2) is 12.1. The van der Waals surface area contributed by atoms with Crippen LogP contribution in [0.4, 0.5) is 0 Å². The van der Waals surface area contributed by atoms with E-state index in [1.54, 1.807) is 0 Å². The Bertz CT molecular complexity index is 401. The number of rotatable bonds is 6. The van der Waals surface area contributed by atoms with Crippen molar-refractivity contribution >= 4 is 29.9 Å². The maximum atomic E-state index is 5.35. The second-order valence-electron chi connectivity index (χ2n) is 7.20. The molecule has 140 valence electrons. The Hall–Kier alpha value is -0.300. The SMILES string of the molecule is CCNC(=NCCC1=CCOCC1)NC1CCC(C(C)C)CC1.I. The number of nitrogens with zero attached hydrogens (tertiary/aromatic N) is 1. The Balaban J connectivity index is 0.00000288. The third kappa shape index (κ3) is 7.72. The highest BCUT2D eigenvalue weighted by molar-refractivity contribution is 14.0. The minimum Gasteiger partial charge on any atom is -0.377 e. The van der Waals surface area contributed by atoms with Crippen LogP contribution in [0.1, 0.15) is 59.3 Å². The van der Waals surface area contributed by atoms with Gasteiger partial charge in [-0.15, -0.1) is 24.0 Å². The Kier molecular flexibility index (Phi) is 11.0. The van der Waals surface area contributed by atoms with E-state index in [1.165, 1.54) is 31.3 Å². The van der Waals surface area contributed by atoms with Crippen LogP contribution in [0.3, 0.4) is 0 Å². The molecule has 0 amide bonds. The summed E-state index contributed by atoms with van der Waals surface area (Å²) in [6.45, 7) is 10.3. The fourth-order valence-electron chi connectivity index (χ4n) is 3.55. The summed E-state index contributed by atoms with van der Waals surface area (Å²) < 4.78 is 5.35. The minimum absolute atomic E-state index is 0. The smallest absolute Gasteiger partial charge is 0.191 e. The summed E-state index contributed by atoms with van der Waals surface area (Å²) in [6.07, 6.45) is 9.58. The molecule has 0 aromatic carbocycles. The molecule has 0 radical (unpaired) electrons. The monoisotopic (exact) mass is 449 g/mol. The first kappa shape index (κ1) is 21.7. The number of halogens is 1. The maximum Gasteiger partial charge on any atom is 0.191 e. The van der Waals surface area contributed by atoms with E-state index >= 15 is 0 Å². The summed E-state index contributed by atoms with van der Waals surface area (Å²) in [5, 5.41) is 7.05. The van der Waals surface area contributed by atoms with Crippen LogP contribution in [-0.4, -0.2) is 38.3 Å².